The van der Waals surface area contributed by atoms with Crippen molar-refractivity contribution in [2.75, 3.05) is 6.54 Å². The summed E-state index contributed by atoms with van der Waals surface area (Å²) < 4.78 is 7.84. The summed E-state index contributed by atoms with van der Waals surface area (Å²) in [5, 5.41) is 12.3. The Hall–Kier alpha value is -1.62. The summed E-state index contributed by atoms with van der Waals surface area (Å²) >= 11 is 0. The highest BCUT2D eigenvalue weighted by Gasteiger charge is 2.25. The van der Waals surface area contributed by atoms with E-state index in [2.05, 4.69) is 27.0 Å². The van der Waals surface area contributed by atoms with Crippen molar-refractivity contribution in [3.05, 3.63) is 23.4 Å². The molecular formula is C14H20N4O. The average Bonchev–Trinajstić information content (AvgIpc) is 2.93. The van der Waals surface area contributed by atoms with Crippen LogP contribution in [-0.4, -0.2) is 21.3 Å². The molecule has 1 aliphatic rings. The van der Waals surface area contributed by atoms with Crippen molar-refractivity contribution in [1.82, 2.24) is 20.1 Å². The molecular weight excluding hydrogens is 240 g/mol. The van der Waals surface area contributed by atoms with Crippen molar-refractivity contribution >= 4 is 0 Å². The van der Waals surface area contributed by atoms with Crippen LogP contribution in [0, 0.1) is 13.8 Å². The molecule has 0 radical (unpaired) electrons. The Morgan fingerprint density at radius 1 is 1.42 bits per heavy atom. The van der Waals surface area contributed by atoms with Gasteiger partial charge in [-0.3, -0.25) is 0 Å². The molecule has 0 aliphatic carbocycles. The van der Waals surface area contributed by atoms with Crippen LogP contribution in [0.25, 0.3) is 11.4 Å². The number of aromatic nitrogens is 3. The predicted molar refractivity (Wildman–Crippen MR) is 72.8 cm³/mol. The second-order valence-corrected chi connectivity index (χ2v) is 5.16. The second-order valence-electron chi connectivity index (χ2n) is 5.16. The van der Waals surface area contributed by atoms with Crippen LogP contribution < -0.4 is 5.32 Å². The Kier molecular flexibility index (Phi) is 3.14. The van der Waals surface area contributed by atoms with E-state index in [0.717, 1.165) is 54.7 Å². The summed E-state index contributed by atoms with van der Waals surface area (Å²) in [7, 11) is 0. The fourth-order valence-corrected chi connectivity index (χ4v) is 2.81. The number of hydrogen-bond acceptors (Lipinski definition) is 4. The predicted octanol–water partition coefficient (Wildman–Crippen LogP) is 2.60. The van der Waals surface area contributed by atoms with Gasteiger partial charge in [0.15, 0.2) is 11.6 Å². The largest absolute Gasteiger partial charge is 0.466 e. The number of furan rings is 1. The van der Waals surface area contributed by atoms with Gasteiger partial charge in [-0.2, -0.15) is 0 Å². The monoisotopic (exact) mass is 260 g/mol. The molecule has 0 bridgehead atoms. The zero-order valence-corrected chi connectivity index (χ0v) is 11.7. The zero-order chi connectivity index (χ0) is 13.4. The molecule has 0 spiro atoms. The maximum Gasteiger partial charge on any atom is 0.167 e. The highest BCUT2D eigenvalue weighted by Crippen LogP contribution is 2.29. The third kappa shape index (κ3) is 2.08. The van der Waals surface area contributed by atoms with Gasteiger partial charge in [0.1, 0.15) is 11.5 Å². The molecule has 5 nitrogen and oxygen atoms in total. The minimum Gasteiger partial charge on any atom is -0.466 e. The summed E-state index contributed by atoms with van der Waals surface area (Å²) in [4.78, 5) is 0. The van der Waals surface area contributed by atoms with Crippen molar-refractivity contribution in [2.45, 2.75) is 46.2 Å². The van der Waals surface area contributed by atoms with Crippen molar-refractivity contribution in [1.29, 1.82) is 0 Å². The fourth-order valence-electron chi connectivity index (χ4n) is 2.81. The van der Waals surface area contributed by atoms with Gasteiger partial charge in [-0.05, 0) is 26.3 Å². The van der Waals surface area contributed by atoms with E-state index in [1.807, 2.05) is 19.9 Å². The average molecular weight is 260 g/mol. The van der Waals surface area contributed by atoms with Crippen LogP contribution in [0.5, 0.6) is 0 Å². The summed E-state index contributed by atoms with van der Waals surface area (Å²) in [6.07, 6.45) is 2.24. The molecule has 2 aromatic heterocycles. The first-order valence-corrected chi connectivity index (χ1v) is 6.94. The summed E-state index contributed by atoms with van der Waals surface area (Å²) in [6.45, 7) is 8.03. The fraction of sp³-hybridized carbons (Fsp3) is 0.571. The van der Waals surface area contributed by atoms with E-state index < -0.39 is 0 Å². The third-order valence-electron chi connectivity index (χ3n) is 3.68. The second kappa shape index (κ2) is 4.81. The molecule has 2 aromatic rings. The Labute approximate surface area is 113 Å². The van der Waals surface area contributed by atoms with Gasteiger partial charge in [0.2, 0.25) is 0 Å². The Morgan fingerprint density at radius 3 is 2.95 bits per heavy atom. The Morgan fingerprint density at radius 2 is 2.26 bits per heavy atom. The molecule has 5 heteroatoms. The Balaban J connectivity index is 2.03. The van der Waals surface area contributed by atoms with E-state index in [1.54, 1.807) is 0 Å². The number of hydrogen-bond donors (Lipinski definition) is 1. The van der Waals surface area contributed by atoms with Crippen LogP contribution in [0.3, 0.4) is 0 Å². The lowest BCUT2D eigenvalue weighted by atomic mass is 10.1. The van der Waals surface area contributed by atoms with Gasteiger partial charge in [0.25, 0.3) is 0 Å². The number of nitrogens with one attached hydrogen (secondary N) is 1. The molecule has 1 atom stereocenters. The number of rotatable bonds is 3. The van der Waals surface area contributed by atoms with Gasteiger partial charge in [-0.25, -0.2) is 0 Å². The highest BCUT2D eigenvalue weighted by atomic mass is 16.3. The maximum atomic E-state index is 5.61. The molecule has 19 heavy (non-hydrogen) atoms. The van der Waals surface area contributed by atoms with Crippen molar-refractivity contribution in [2.24, 2.45) is 0 Å². The first-order valence-electron chi connectivity index (χ1n) is 6.94. The van der Waals surface area contributed by atoms with E-state index in [0.29, 0.717) is 6.04 Å². The van der Waals surface area contributed by atoms with Crippen LogP contribution in [0.4, 0.5) is 0 Å². The van der Waals surface area contributed by atoms with Crippen molar-refractivity contribution < 1.29 is 4.42 Å². The van der Waals surface area contributed by atoms with E-state index >= 15 is 0 Å². The third-order valence-corrected chi connectivity index (χ3v) is 3.68. The minimum absolute atomic E-state index is 0.327. The van der Waals surface area contributed by atoms with Crippen LogP contribution in [-0.2, 0) is 6.54 Å². The van der Waals surface area contributed by atoms with Gasteiger partial charge < -0.3 is 14.3 Å². The lowest BCUT2D eigenvalue weighted by Crippen LogP contribution is -2.33. The van der Waals surface area contributed by atoms with E-state index in [-0.39, 0.29) is 0 Å². The molecule has 0 saturated heterocycles. The highest BCUT2D eigenvalue weighted by molar-refractivity contribution is 5.58. The molecule has 1 unspecified atom stereocenters. The topological polar surface area (TPSA) is 55.9 Å². The first-order chi connectivity index (χ1) is 9.20. The molecule has 1 aliphatic heterocycles. The number of nitrogens with zero attached hydrogens (tertiary/aromatic N) is 3. The summed E-state index contributed by atoms with van der Waals surface area (Å²) in [6, 6.07) is 2.37. The Bertz CT molecular complexity index is 584. The molecule has 102 valence electrons. The molecule has 1 N–H and O–H groups in total. The summed E-state index contributed by atoms with van der Waals surface area (Å²) in [5.74, 6) is 3.83. The van der Waals surface area contributed by atoms with Gasteiger partial charge in [0, 0.05) is 13.1 Å². The quantitative estimate of drug-likeness (QED) is 0.921. The standard InChI is InChI=1S/C14H20N4O/c1-4-5-12-14-17-16-13(18(14)7-6-15-12)11-8-9(2)19-10(11)3/h8,12,15H,4-7H2,1-3H3. The van der Waals surface area contributed by atoms with Crippen LogP contribution in [0.15, 0.2) is 10.5 Å². The number of fused-ring (bicyclic) bond motifs is 1. The van der Waals surface area contributed by atoms with Crippen molar-refractivity contribution in [3.63, 3.8) is 0 Å². The SMILES string of the molecule is CCCC1NCCn2c(-c3cc(C)oc3C)nnc21. The smallest absolute Gasteiger partial charge is 0.167 e. The van der Waals surface area contributed by atoms with Crippen LogP contribution in [0.2, 0.25) is 0 Å². The molecule has 0 aromatic carbocycles. The lowest BCUT2D eigenvalue weighted by molar-refractivity contribution is 0.394. The molecule has 0 fully saturated rings. The first kappa shape index (κ1) is 12.4. The van der Waals surface area contributed by atoms with Gasteiger partial charge in [-0.1, -0.05) is 13.3 Å². The van der Waals surface area contributed by atoms with E-state index in [1.165, 1.54) is 0 Å². The summed E-state index contributed by atoms with van der Waals surface area (Å²) in [5.41, 5.74) is 1.06. The minimum atomic E-state index is 0.327. The molecule has 3 rings (SSSR count). The van der Waals surface area contributed by atoms with Gasteiger partial charge in [-0.15, -0.1) is 10.2 Å². The van der Waals surface area contributed by atoms with E-state index in [9.17, 15) is 0 Å². The van der Waals surface area contributed by atoms with Crippen LogP contribution in [0.1, 0.15) is 43.2 Å². The van der Waals surface area contributed by atoms with Gasteiger partial charge in [0.05, 0.1) is 11.6 Å². The molecule has 0 amide bonds. The zero-order valence-electron chi connectivity index (χ0n) is 11.7. The van der Waals surface area contributed by atoms with Crippen molar-refractivity contribution in [3.8, 4) is 11.4 Å². The van der Waals surface area contributed by atoms with Gasteiger partial charge >= 0.3 is 0 Å². The maximum absolute atomic E-state index is 5.61. The van der Waals surface area contributed by atoms with E-state index in [4.69, 9.17) is 4.42 Å². The molecule has 3 heterocycles. The number of aryl methyl sites for hydroxylation is 2. The molecule has 0 saturated carbocycles. The van der Waals surface area contributed by atoms with Crippen LogP contribution >= 0.6 is 0 Å². The normalized spacial score (nSPS) is 18.6. The lowest BCUT2D eigenvalue weighted by Gasteiger charge is -2.24.